The van der Waals surface area contributed by atoms with Crippen molar-refractivity contribution >= 4 is 28.8 Å². The van der Waals surface area contributed by atoms with Gasteiger partial charge in [-0.3, -0.25) is 4.79 Å². The predicted molar refractivity (Wildman–Crippen MR) is 83.9 cm³/mol. The van der Waals surface area contributed by atoms with Gasteiger partial charge in [-0.2, -0.15) is 0 Å². The maximum Gasteiger partial charge on any atom is 0.273 e. The fraction of sp³-hybridized carbons (Fsp3) is 0.333. The van der Waals surface area contributed by atoms with Crippen molar-refractivity contribution in [2.75, 3.05) is 19.7 Å². The van der Waals surface area contributed by atoms with E-state index in [4.69, 9.17) is 16.3 Å². The molecule has 1 atom stereocenters. The molecule has 0 saturated carbocycles. The minimum absolute atomic E-state index is 0.0327. The van der Waals surface area contributed by atoms with E-state index in [1.54, 1.807) is 10.3 Å². The van der Waals surface area contributed by atoms with Crippen LogP contribution in [0.2, 0.25) is 5.02 Å². The van der Waals surface area contributed by atoms with Crippen molar-refractivity contribution < 1.29 is 9.53 Å². The van der Waals surface area contributed by atoms with Crippen LogP contribution >= 0.6 is 22.9 Å². The molecule has 2 aromatic rings. The quantitative estimate of drug-likeness (QED) is 0.851. The van der Waals surface area contributed by atoms with Crippen LogP contribution in [0.1, 0.15) is 17.4 Å². The monoisotopic (exact) mass is 322 g/mol. The van der Waals surface area contributed by atoms with E-state index in [0.717, 1.165) is 10.6 Å². The van der Waals surface area contributed by atoms with Gasteiger partial charge in [0.15, 0.2) is 0 Å². The van der Waals surface area contributed by atoms with E-state index in [1.807, 2.05) is 31.2 Å². The highest BCUT2D eigenvalue weighted by Gasteiger charge is 2.24. The summed E-state index contributed by atoms with van der Waals surface area (Å²) < 4.78 is 5.46. The highest BCUT2D eigenvalue weighted by atomic mass is 35.5. The number of ether oxygens (including phenoxy) is 1. The Morgan fingerprint density at radius 3 is 3.14 bits per heavy atom. The van der Waals surface area contributed by atoms with Gasteiger partial charge in [-0.15, -0.1) is 11.3 Å². The number of carbonyl (C=O) groups is 1. The lowest BCUT2D eigenvalue weighted by atomic mass is 10.2. The summed E-state index contributed by atoms with van der Waals surface area (Å²) in [4.78, 5) is 18.7. The number of hydrogen-bond acceptors (Lipinski definition) is 4. The SMILES string of the molecule is C[C@H]1CN(C(=O)c2csc(-c3cccc(Cl)c3)n2)CCO1. The molecule has 1 saturated heterocycles. The molecule has 4 nitrogen and oxygen atoms in total. The van der Waals surface area contributed by atoms with Crippen LogP contribution in [0.15, 0.2) is 29.6 Å². The number of hydrogen-bond donors (Lipinski definition) is 0. The lowest BCUT2D eigenvalue weighted by molar-refractivity contribution is -0.0126. The molecule has 0 N–H and O–H groups in total. The number of halogens is 1. The van der Waals surface area contributed by atoms with Gasteiger partial charge in [0.05, 0.1) is 12.7 Å². The number of benzene rings is 1. The molecule has 0 aliphatic carbocycles. The van der Waals surface area contributed by atoms with Crippen LogP contribution in [-0.4, -0.2) is 41.6 Å². The maximum absolute atomic E-state index is 12.4. The van der Waals surface area contributed by atoms with Crippen LogP contribution in [-0.2, 0) is 4.74 Å². The van der Waals surface area contributed by atoms with E-state index >= 15 is 0 Å². The molecular weight excluding hydrogens is 308 g/mol. The van der Waals surface area contributed by atoms with E-state index < -0.39 is 0 Å². The van der Waals surface area contributed by atoms with Gasteiger partial charge >= 0.3 is 0 Å². The minimum Gasteiger partial charge on any atom is -0.375 e. The average Bonchev–Trinajstić information content (AvgIpc) is 2.96. The topological polar surface area (TPSA) is 42.4 Å². The molecule has 2 heterocycles. The molecule has 6 heteroatoms. The molecule has 1 aliphatic heterocycles. The molecule has 1 aromatic heterocycles. The first kappa shape index (κ1) is 14.5. The van der Waals surface area contributed by atoms with Crippen molar-refractivity contribution in [3.05, 3.63) is 40.4 Å². The van der Waals surface area contributed by atoms with Gasteiger partial charge in [-0.1, -0.05) is 23.7 Å². The fourth-order valence-corrected chi connectivity index (χ4v) is 3.27. The second-order valence-corrected chi connectivity index (χ2v) is 6.28. The van der Waals surface area contributed by atoms with Crippen LogP contribution < -0.4 is 0 Å². The predicted octanol–water partition coefficient (Wildman–Crippen LogP) is 3.32. The number of nitrogens with zero attached hydrogens (tertiary/aromatic N) is 2. The van der Waals surface area contributed by atoms with E-state index in [1.165, 1.54) is 11.3 Å². The molecular formula is C15H15ClN2O2S. The average molecular weight is 323 g/mol. The standard InChI is InChI=1S/C15H15ClN2O2S/c1-10-8-18(5-6-20-10)15(19)13-9-21-14(17-13)11-3-2-4-12(16)7-11/h2-4,7,9-10H,5-6,8H2,1H3/t10-/m0/s1. The number of thiazole rings is 1. The third kappa shape index (κ3) is 3.26. The Bertz CT molecular complexity index is 659. The van der Waals surface area contributed by atoms with Crippen molar-refractivity contribution in [3.8, 4) is 10.6 Å². The second kappa shape index (κ2) is 6.13. The number of morpholine rings is 1. The van der Waals surface area contributed by atoms with Gasteiger partial charge < -0.3 is 9.64 Å². The van der Waals surface area contributed by atoms with Crippen molar-refractivity contribution in [2.24, 2.45) is 0 Å². The normalized spacial score (nSPS) is 18.8. The molecule has 0 spiro atoms. The number of aromatic nitrogens is 1. The minimum atomic E-state index is -0.0327. The first-order chi connectivity index (χ1) is 10.1. The number of carbonyl (C=O) groups excluding carboxylic acids is 1. The van der Waals surface area contributed by atoms with E-state index in [0.29, 0.717) is 30.4 Å². The van der Waals surface area contributed by atoms with Gasteiger partial charge in [0.1, 0.15) is 10.7 Å². The molecule has 1 aliphatic rings. The second-order valence-electron chi connectivity index (χ2n) is 4.98. The third-order valence-electron chi connectivity index (χ3n) is 3.32. The summed E-state index contributed by atoms with van der Waals surface area (Å²) in [6.07, 6.45) is 0.0775. The number of rotatable bonds is 2. The van der Waals surface area contributed by atoms with E-state index in [-0.39, 0.29) is 12.0 Å². The van der Waals surface area contributed by atoms with Crippen LogP contribution in [0, 0.1) is 0 Å². The third-order valence-corrected chi connectivity index (χ3v) is 4.45. The van der Waals surface area contributed by atoms with Crippen LogP contribution in [0.25, 0.3) is 10.6 Å². The Labute approximate surface area is 132 Å². The molecule has 1 fully saturated rings. The molecule has 0 radical (unpaired) electrons. The number of amides is 1. The van der Waals surface area contributed by atoms with Gasteiger partial charge in [0, 0.05) is 29.1 Å². The Kier molecular flexibility index (Phi) is 4.24. The Morgan fingerprint density at radius 1 is 1.52 bits per heavy atom. The Morgan fingerprint density at radius 2 is 2.38 bits per heavy atom. The van der Waals surface area contributed by atoms with Crippen molar-refractivity contribution in [1.82, 2.24) is 9.88 Å². The van der Waals surface area contributed by atoms with Gasteiger partial charge in [-0.05, 0) is 19.1 Å². The zero-order valence-electron chi connectivity index (χ0n) is 11.6. The smallest absolute Gasteiger partial charge is 0.273 e. The van der Waals surface area contributed by atoms with Crippen molar-refractivity contribution in [3.63, 3.8) is 0 Å². The van der Waals surface area contributed by atoms with Crippen LogP contribution in [0.3, 0.4) is 0 Å². The summed E-state index contributed by atoms with van der Waals surface area (Å²) in [7, 11) is 0. The summed E-state index contributed by atoms with van der Waals surface area (Å²) in [6, 6.07) is 7.49. The highest BCUT2D eigenvalue weighted by molar-refractivity contribution is 7.13. The summed E-state index contributed by atoms with van der Waals surface area (Å²) in [5.74, 6) is -0.0327. The largest absolute Gasteiger partial charge is 0.375 e. The summed E-state index contributed by atoms with van der Waals surface area (Å²) in [6.45, 7) is 3.78. The van der Waals surface area contributed by atoms with Crippen molar-refractivity contribution in [2.45, 2.75) is 13.0 Å². The van der Waals surface area contributed by atoms with Gasteiger partial charge in [0.2, 0.25) is 0 Å². The van der Waals surface area contributed by atoms with Gasteiger partial charge in [-0.25, -0.2) is 4.98 Å². The first-order valence-corrected chi connectivity index (χ1v) is 8.01. The zero-order chi connectivity index (χ0) is 14.8. The summed E-state index contributed by atoms with van der Waals surface area (Å²) in [5.41, 5.74) is 1.42. The Hall–Kier alpha value is -1.43. The van der Waals surface area contributed by atoms with E-state index in [2.05, 4.69) is 4.98 Å². The van der Waals surface area contributed by atoms with Gasteiger partial charge in [0.25, 0.3) is 5.91 Å². The molecule has 0 unspecified atom stereocenters. The Balaban J connectivity index is 1.80. The molecule has 1 aromatic carbocycles. The van der Waals surface area contributed by atoms with Crippen molar-refractivity contribution in [1.29, 1.82) is 0 Å². The van der Waals surface area contributed by atoms with Crippen LogP contribution in [0.4, 0.5) is 0 Å². The molecule has 1 amide bonds. The first-order valence-electron chi connectivity index (χ1n) is 6.76. The zero-order valence-corrected chi connectivity index (χ0v) is 13.2. The van der Waals surface area contributed by atoms with E-state index in [9.17, 15) is 4.79 Å². The molecule has 0 bridgehead atoms. The molecule has 3 rings (SSSR count). The lowest BCUT2D eigenvalue weighted by Crippen LogP contribution is -2.44. The summed E-state index contributed by atoms with van der Waals surface area (Å²) in [5, 5.41) is 3.28. The maximum atomic E-state index is 12.4. The highest BCUT2D eigenvalue weighted by Crippen LogP contribution is 2.26. The molecule has 21 heavy (non-hydrogen) atoms. The van der Waals surface area contributed by atoms with Crippen LogP contribution in [0.5, 0.6) is 0 Å². The fourth-order valence-electron chi connectivity index (χ4n) is 2.29. The lowest BCUT2D eigenvalue weighted by Gasteiger charge is -2.30. The molecule has 110 valence electrons. The summed E-state index contributed by atoms with van der Waals surface area (Å²) >= 11 is 7.45.